The summed E-state index contributed by atoms with van der Waals surface area (Å²) in [6.07, 6.45) is 2.24. The smallest absolute Gasteiger partial charge is 0.329 e. The van der Waals surface area contributed by atoms with E-state index in [2.05, 4.69) is 10.2 Å². The van der Waals surface area contributed by atoms with Crippen LogP contribution in [0.5, 0.6) is 0 Å². The SMILES string of the molecule is CCn1c(=O)n(Cc2nnc(C3CC3)o2)c2ccccc21. The number of hydrogen-bond donors (Lipinski definition) is 0. The second-order valence-corrected chi connectivity index (χ2v) is 5.41. The van der Waals surface area contributed by atoms with Crippen LogP contribution in [0.15, 0.2) is 33.5 Å². The fraction of sp³-hybridized carbons (Fsp3) is 0.400. The van der Waals surface area contributed by atoms with E-state index in [1.54, 1.807) is 9.13 Å². The Balaban J connectivity index is 1.78. The maximum absolute atomic E-state index is 12.5. The fourth-order valence-corrected chi connectivity index (χ4v) is 2.69. The third kappa shape index (κ3) is 1.98. The van der Waals surface area contributed by atoms with Gasteiger partial charge in [0, 0.05) is 12.5 Å². The highest BCUT2D eigenvalue weighted by molar-refractivity contribution is 5.76. The lowest BCUT2D eigenvalue weighted by atomic mass is 10.3. The van der Waals surface area contributed by atoms with Crippen molar-refractivity contribution in [3.05, 3.63) is 46.5 Å². The molecule has 4 rings (SSSR count). The van der Waals surface area contributed by atoms with Crippen LogP contribution in [-0.4, -0.2) is 19.3 Å². The lowest BCUT2D eigenvalue weighted by molar-refractivity contribution is 0.438. The van der Waals surface area contributed by atoms with Crippen molar-refractivity contribution in [2.75, 3.05) is 0 Å². The number of rotatable bonds is 4. The Morgan fingerprint density at radius 2 is 1.90 bits per heavy atom. The Morgan fingerprint density at radius 3 is 2.57 bits per heavy atom. The molecule has 0 atom stereocenters. The number of para-hydroxylation sites is 2. The molecule has 0 N–H and O–H groups in total. The highest BCUT2D eigenvalue weighted by Gasteiger charge is 2.29. The maximum Gasteiger partial charge on any atom is 0.329 e. The molecule has 1 saturated carbocycles. The molecule has 0 aliphatic heterocycles. The summed E-state index contributed by atoms with van der Waals surface area (Å²) >= 11 is 0. The van der Waals surface area contributed by atoms with Crippen LogP contribution in [0.4, 0.5) is 0 Å². The van der Waals surface area contributed by atoms with E-state index in [1.165, 1.54) is 0 Å². The molecule has 0 radical (unpaired) electrons. The average Bonchev–Trinajstić information content (AvgIpc) is 3.19. The zero-order valence-electron chi connectivity index (χ0n) is 11.8. The van der Waals surface area contributed by atoms with Gasteiger partial charge in [-0.15, -0.1) is 10.2 Å². The van der Waals surface area contributed by atoms with Crippen molar-refractivity contribution < 1.29 is 4.42 Å². The molecular weight excluding hydrogens is 268 g/mol. The monoisotopic (exact) mass is 284 g/mol. The first kappa shape index (κ1) is 12.4. The highest BCUT2D eigenvalue weighted by atomic mass is 16.4. The molecule has 6 nitrogen and oxygen atoms in total. The normalized spacial score (nSPS) is 14.9. The van der Waals surface area contributed by atoms with Crippen molar-refractivity contribution in [1.82, 2.24) is 19.3 Å². The summed E-state index contributed by atoms with van der Waals surface area (Å²) < 4.78 is 9.12. The van der Waals surface area contributed by atoms with Crippen LogP contribution < -0.4 is 5.69 Å². The predicted octanol–water partition coefficient (Wildman–Crippen LogP) is 2.13. The number of hydrogen-bond acceptors (Lipinski definition) is 4. The molecule has 0 bridgehead atoms. The number of benzene rings is 1. The summed E-state index contributed by atoms with van der Waals surface area (Å²) in [5, 5.41) is 8.14. The number of aromatic nitrogens is 4. The minimum atomic E-state index is -0.0372. The first-order valence-corrected chi connectivity index (χ1v) is 7.28. The lowest BCUT2D eigenvalue weighted by Crippen LogP contribution is -2.24. The van der Waals surface area contributed by atoms with E-state index in [9.17, 15) is 4.79 Å². The van der Waals surface area contributed by atoms with E-state index in [0.717, 1.165) is 23.9 Å². The summed E-state index contributed by atoms with van der Waals surface area (Å²) in [5.41, 5.74) is 1.80. The molecule has 2 heterocycles. The minimum absolute atomic E-state index is 0.0372. The average molecular weight is 284 g/mol. The Morgan fingerprint density at radius 1 is 1.19 bits per heavy atom. The van der Waals surface area contributed by atoms with Crippen molar-refractivity contribution in [1.29, 1.82) is 0 Å². The molecule has 0 saturated heterocycles. The Kier molecular flexibility index (Phi) is 2.70. The van der Waals surface area contributed by atoms with Crippen LogP contribution >= 0.6 is 0 Å². The van der Waals surface area contributed by atoms with Gasteiger partial charge in [0.25, 0.3) is 0 Å². The first-order valence-electron chi connectivity index (χ1n) is 7.28. The molecule has 6 heteroatoms. The molecular formula is C15H16N4O2. The fourth-order valence-electron chi connectivity index (χ4n) is 2.69. The maximum atomic E-state index is 12.5. The van der Waals surface area contributed by atoms with Crippen molar-refractivity contribution in [2.45, 2.75) is 38.8 Å². The van der Waals surface area contributed by atoms with Crippen molar-refractivity contribution in [3.8, 4) is 0 Å². The molecule has 21 heavy (non-hydrogen) atoms. The molecule has 1 aliphatic rings. The summed E-state index contributed by atoms with van der Waals surface area (Å²) in [6, 6.07) is 7.78. The van der Waals surface area contributed by atoms with Crippen LogP contribution in [0.25, 0.3) is 11.0 Å². The second-order valence-electron chi connectivity index (χ2n) is 5.41. The van der Waals surface area contributed by atoms with E-state index >= 15 is 0 Å². The van der Waals surface area contributed by atoms with Gasteiger partial charge in [-0.3, -0.25) is 9.13 Å². The standard InChI is InChI=1S/C15H16N4O2/c1-2-18-11-5-3-4-6-12(11)19(15(18)20)9-13-16-17-14(21-13)10-7-8-10/h3-6,10H,2,7-9H2,1H3. The Labute approximate surface area is 121 Å². The predicted molar refractivity (Wildman–Crippen MR) is 77.2 cm³/mol. The topological polar surface area (TPSA) is 65.8 Å². The number of fused-ring (bicyclic) bond motifs is 1. The molecule has 1 aliphatic carbocycles. The van der Waals surface area contributed by atoms with Gasteiger partial charge in [-0.1, -0.05) is 12.1 Å². The van der Waals surface area contributed by atoms with Crippen LogP contribution in [0.3, 0.4) is 0 Å². The van der Waals surface area contributed by atoms with Gasteiger partial charge in [-0.25, -0.2) is 4.79 Å². The third-order valence-electron chi connectivity index (χ3n) is 3.94. The number of imidazole rings is 1. The van der Waals surface area contributed by atoms with Crippen molar-refractivity contribution in [3.63, 3.8) is 0 Å². The zero-order chi connectivity index (χ0) is 14.4. The van der Waals surface area contributed by atoms with Gasteiger partial charge in [-0.2, -0.15) is 0 Å². The van der Waals surface area contributed by atoms with Gasteiger partial charge in [0.1, 0.15) is 6.54 Å². The van der Waals surface area contributed by atoms with Gasteiger partial charge in [0.05, 0.1) is 11.0 Å². The molecule has 0 unspecified atom stereocenters. The second kappa shape index (κ2) is 4.58. The van der Waals surface area contributed by atoms with Crippen LogP contribution in [0.2, 0.25) is 0 Å². The van der Waals surface area contributed by atoms with Gasteiger partial charge in [0.2, 0.25) is 11.8 Å². The van der Waals surface area contributed by atoms with Gasteiger partial charge in [0.15, 0.2) is 0 Å². The molecule has 1 fully saturated rings. The van der Waals surface area contributed by atoms with E-state index < -0.39 is 0 Å². The van der Waals surface area contributed by atoms with Crippen molar-refractivity contribution >= 4 is 11.0 Å². The molecule has 0 amide bonds. The van der Waals surface area contributed by atoms with Crippen molar-refractivity contribution in [2.24, 2.45) is 0 Å². The zero-order valence-corrected chi connectivity index (χ0v) is 11.8. The van der Waals surface area contributed by atoms with Gasteiger partial charge in [-0.05, 0) is 31.9 Å². The molecule has 1 aromatic carbocycles. The van der Waals surface area contributed by atoms with Crippen LogP contribution in [-0.2, 0) is 13.1 Å². The van der Waals surface area contributed by atoms with Gasteiger partial charge >= 0.3 is 5.69 Å². The largest absolute Gasteiger partial charge is 0.423 e. The summed E-state index contributed by atoms with van der Waals surface area (Å²) in [7, 11) is 0. The summed E-state index contributed by atoms with van der Waals surface area (Å²) in [5.74, 6) is 1.63. The van der Waals surface area contributed by atoms with E-state index in [-0.39, 0.29) is 5.69 Å². The minimum Gasteiger partial charge on any atom is -0.423 e. The van der Waals surface area contributed by atoms with E-state index in [4.69, 9.17) is 4.42 Å². The third-order valence-corrected chi connectivity index (χ3v) is 3.94. The Hall–Kier alpha value is -2.37. The van der Waals surface area contributed by atoms with E-state index in [1.807, 2.05) is 31.2 Å². The quantitative estimate of drug-likeness (QED) is 0.736. The summed E-state index contributed by atoms with van der Waals surface area (Å²) in [6.45, 7) is 2.94. The first-order chi connectivity index (χ1) is 10.3. The Bertz CT molecular complexity index is 854. The molecule has 0 spiro atoms. The summed E-state index contributed by atoms with van der Waals surface area (Å²) in [4.78, 5) is 12.5. The van der Waals surface area contributed by atoms with Crippen LogP contribution in [0.1, 0.15) is 37.5 Å². The number of aryl methyl sites for hydroxylation is 1. The molecule has 108 valence electrons. The lowest BCUT2D eigenvalue weighted by Gasteiger charge is -1.98. The number of nitrogens with zero attached hydrogens (tertiary/aromatic N) is 4. The molecule has 2 aromatic heterocycles. The highest BCUT2D eigenvalue weighted by Crippen LogP contribution is 2.39. The van der Waals surface area contributed by atoms with E-state index in [0.29, 0.717) is 30.8 Å². The van der Waals surface area contributed by atoms with Crippen LogP contribution in [0, 0.1) is 0 Å². The molecule has 3 aromatic rings. The van der Waals surface area contributed by atoms with Gasteiger partial charge < -0.3 is 4.42 Å².